The molecule has 0 radical (unpaired) electrons. The van der Waals surface area contributed by atoms with Crippen LogP contribution < -0.4 is 4.74 Å². The van der Waals surface area contributed by atoms with E-state index in [9.17, 15) is 5.11 Å². The number of β-amino-alcohol motifs (C(OH)–C–C–N with tert-alkyl or cyclic N) is 1. The van der Waals surface area contributed by atoms with Crippen LogP contribution in [0.25, 0.3) is 21.0 Å². The predicted molar refractivity (Wildman–Crippen MR) is 154 cm³/mol. The Morgan fingerprint density at radius 1 is 1.10 bits per heavy atom. The zero-order chi connectivity index (χ0) is 28.3. The number of carboxylic acid groups (broad SMARTS) is 2. The Morgan fingerprint density at radius 3 is 2.54 bits per heavy atom. The van der Waals surface area contributed by atoms with Crippen LogP contribution in [0, 0.1) is 20.8 Å². The third kappa shape index (κ3) is 6.98. The molecule has 0 unspecified atom stereocenters. The number of H-pyrrole nitrogens is 1. The highest BCUT2D eigenvalue weighted by molar-refractivity contribution is 7.19. The Morgan fingerprint density at radius 2 is 1.85 bits per heavy atom. The molecule has 2 aromatic heterocycles. The third-order valence-corrected chi connectivity index (χ3v) is 8.49. The molecule has 1 fully saturated rings. The number of nitrogens with one attached hydrogen (secondary N) is 1. The minimum Gasteiger partial charge on any atom is -0.490 e. The topological polar surface area (TPSA) is 123 Å². The van der Waals surface area contributed by atoms with E-state index in [1.54, 1.807) is 0 Å². The molecule has 8 nitrogen and oxygen atoms in total. The number of carboxylic acids is 2. The minimum absolute atomic E-state index is 0.310. The number of rotatable bonds is 6. The second-order valence-corrected chi connectivity index (χ2v) is 11.6. The first-order valence-electron chi connectivity index (χ1n) is 13.1. The number of ether oxygens (including phenoxy) is 1. The van der Waals surface area contributed by atoms with Crippen molar-refractivity contribution in [2.24, 2.45) is 0 Å². The van der Waals surface area contributed by atoms with Crippen LogP contribution in [0.3, 0.4) is 0 Å². The summed E-state index contributed by atoms with van der Waals surface area (Å²) >= 11 is 1.97. The summed E-state index contributed by atoms with van der Waals surface area (Å²) in [4.78, 5) is 25.5. The van der Waals surface area contributed by atoms with Gasteiger partial charge in [-0.15, -0.1) is 11.3 Å². The second-order valence-electron chi connectivity index (χ2n) is 10.5. The number of likely N-dealkylation sites (tertiary alicyclic amines) is 1. The van der Waals surface area contributed by atoms with Gasteiger partial charge in [0.15, 0.2) is 0 Å². The zero-order valence-electron chi connectivity index (χ0n) is 22.7. The number of carbonyl (C=O) groups is 2. The van der Waals surface area contributed by atoms with Crippen LogP contribution in [0.1, 0.15) is 47.4 Å². The van der Waals surface area contributed by atoms with E-state index in [-0.39, 0.29) is 0 Å². The van der Waals surface area contributed by atoms with Crippen LogP contribution in [0.15, 0.2) is 42.5 Å². The van der Waals surface area contributed by atoms with E-state index in [1.165, 1.54) is 26.1 Å². The Hall–Kier alpha value is -3.40. The van der Waals surface area contributed by atoms with Gasteiger partial charge in [-0.2, -0.15) is 0 Å². The van der Waals surface area contributed by atoms with E-state index in [4.69, 9.17) is 24.5 Å². The van der Waals surface area contributed by atoms with E-state index < -0.39 is 18.0 Å². The van der Waals surface area contributed by atoms with Crippen molar-refractivity contribution < 1.29 is 29.6 Å². The number of benzene rings is 2. The zero-order valence-corrected chi connectivity index (χ0v) is 23.5. The van der Waals surface area contributed by atoms with Crippen LogP contribution in [-0.2, 0) is 9.59 Å². The molecule has 0 spiro atoms. The standard InChI is InChI=1S/C28H34N2O2S.C2H2O4/c1-17-10-18(2)23-14-27(33-28(23)11-17)21-8-9-30(20(4)13-21)15-22(31)16-32-26-7-5-6-25-24(26)12-19(3)29-25;3-1(4)2(5)6/h5-7,10-12,14,20-22,29,31H,8-9,13,15-16H2,1-4H3;(H,3,4)(H,5,6)/t20-,21-,22+;/m1./s1. The maximum Gasteiger partial charge on any atom is 0.414 e. The Bertz CT molecular complexity index is 1460. The van der Waals surface area contributed by atoms with Crippen molar-refractivity contribution in [3.63, 3.8) is 0 Å². The van der Waals surface area contributed by atoms with Crippen LogP contribution in [0.4, 0.5) is 0 Å². The van der Waals surface area contributed by atoms with Gasteiger partial charge in [-0.1, -0.05) is 12.1 Å². The fraction of sp³-hybridized carbons (Fsp3) is 0.400. The average molecular weight is 553 g/mol. The van der Waals surface area contributed by atoms with E-state index >= 15 is 0 Å². The normalized spacial score (nSPS) is 18.5. The van der Waals surface area contributed by atoms with Crippen molar-refractivity contribution >= 4 is 44.3 Å². The molecule has 3 atom stereocenters. The Balaban J connectivity index is 0.000000531. The highest BCUT2D eigenvalue weighted by atomic mass is 32.1. The van der Waals surface area contributed by atoms with Gasteiger partial charge >= 0.3 is 11.9 Å². The lowest BCUT2D eigenvalue weighted by atomic mass is 9.89. The van der Waals surface area contributed by atoms with E-state index in [0.717, 1.165) is 41.7 Å². The summed E-state index contributed by atoms with van der Waals surface area (Å²) in [5, 5.41) is 28.0. The molecule has 1 saturated heterocycles. The molecule has 0 saturated carbocycles. The predicted octanol–water partition coefficient (Wildman–Crippen LogP) is 5.47. The summed E-state index contributed by atoms with van der Waals surface area (Å²) in [6.07, 6.45) is 1.78. The lowest BCUT2D eigenvalue weighted by Crippen LogP contribution is -2.45. The monoisotopic (exact) mass is 552 g/mol. The molecule has 4 aromatic rings. The smallest absolute Gasteiger partial charge is 0.414 e. The fourth-order valence-electron chi connectivity index (χ4n) is 5.36. The number of aliphatic carboxylic acids is 2. The SMILES string of the molecule is Cc1cc(C)c2cc([C@@H]3CCN(C[C@H](O)COc4cccc5[nH]c(C)cc45)[C@H](C)C3)sc2c1.O=C(O)C(=O)O. The van der Waals surface area contributed by atoms with Crippen LogP contribution in [0.5, 0.6) is 5.75 Å². The van der Waals surface area contributed by atoms with E-state index in [2.05, 4.69) is 61.0 Å². The third-order valence-electron chi connectivity index (χ3n) is 7.24. The van der Waals surface area contributed by atoms with Crippen LogP contribution in [-0.4, -0.2) is 69.0 Å². The number of nitrogens with zero attached hydrogens (tertiary/aromatic N) is 1. The lowest BCUT2D eigenvalue weighted by Gasteiger charge is -2.38. The summed E-state index contributed by atoms with van der Waals surface area (Å²) in [5.74, 6) is -2.21. The molecule has 2 aromatic carbocycles. The highest BCUT2D eigenvalue weighted by Gasteiger charge is 2.29. The number of hydrogen-bond acceptors (Lipinski definition) is 6. The van der Waals surface area contributed by atoms with Crippen molar-refractivity contribution in [2.45, 2.75) is 58.6 Å². The summed E-state index contributed by atoms with van der Waals surface area (Å²) in [5.41, 5.74) is 4.91. The largest absolute Gasteiger partial charge is 0.490 e. The molecule has 208 valence electrons. The van der Waals surface area contributed by atoms with E-state index in [0.29, 0.717) is 25.1 Å². The van der Waals surface area contributed by atoms with Gasteiger partial charge in [-0.05, 0) is 99.8 Å². The first kappa shape index (κ1) is 28.6. The molecule has 0 amide bonds. The molecule has 3 heterocycles. The molecule has 1 aliphatic rings. The number of aryl methyl sites for hydroxylation is 3. The van der Waals surface area contributed by atoms with Crippen molar-refractivity contribution in [3.8, 4) is 5.75 Å². The maximum absolute atomic E-state index is 10.7. The lowest BCUT2D eigenvalue weighted by molar-refractivity contribution is -0.159. The number of aromatic nitrogens is 1. The summed E-state index contributed by atoms with van der Waals surface area (Å²) in [7, 11) is 0. The maximum atomic E-state index is 10.7. The van der Waals surface area contributed by atoms with Gasteiger partial charge in [0.2, 0.25) is 0 Å². The van der Waals surface area contributed by atoms with Gasteiger partial charge in [0.25, 0.3) is 0 Å². The summed E-state index contributed by atoms with van der Waals surface area (Å²) in [6.45, 7) is 10.7. The minimum atomic E-state index is -1.82. The van der Waals surface area contributed by atoms with Gasteiger partial charge in [0, 0.05) is 38.8 Å². The van der Waals surface area contributed by atoms with Gasteiger partial charge in [-0.25, -0.2) is 9.59 Å². The number of thiophene rings is 1. The van der Waals surface area contributed by atoms with E-state index in [1.807, 2.05) is 30.4 Å². The van der Waals surface area contributed by atoms with Gasteiger partial charge in [0.1, 0.15) is 18.5 Å². The number of aromatic amines is 1. The first-order chi connectivity index (χ1) is 18.5. The molecular formula is C30H36N2O6S. The Labute approximate surface area is 231 Å². The second kappa shape index (κ2) is 12.2. The molecule has 39 heavy (non-hydrogen) atoms. The number of hydrogen-bond donors (Lipinski definition) is 4. The van der Waals surface area contributed by atoms with Crippen LogP contribution in [0.2, 0.25) is 0 Å². The molecule has 0 aliphatic carbocycles. The number of fused-ring (bicyclic) bond motifs is 2. The van der Waals surface area contributed by atoms with Gasteiger partial charge in [-0.3, -0.25) is 4.90 Å². The summed E-state index contributed by atoms with van der Waals surface area (Å²) < 4.78 is 7.44. The molecule has 1 aliphatic heterocycles. The van der Waals surface area contributed by atoms with Crippen LogP contribution >= 0.6 is 11.3 Å². The Kier molecular flexibility index (Phi) is 8.94. The van der Waals surface area contributed by atoms with Gasteiger partial charge in [0.05, 0.1) is 0 Å². The van der Waals surface area contributed by atoms with Crippen molar-refractivity contribution in [3.05, 3.63) is 64.2 Å². The number of aliphatic hydroxyl groups excluding tert-OH is 1. The quantitative estimate of drug-likeness (QED) is 0.234. The fourth-order valence-corrected chi connectivity index (χ4v) is 6.75. The molecule has 5 rings (SSSR count). The molecule has 4 N–H and O–H groups in total. The summed E-state index contributed by atoms with van der Waals surface area (Å²) in [6, 6.07) is 15.6. The van der Waals surface area contributed by atoms with Crippen molar-refractivity contribution in [1.29, 1.82) is 0 Å². The molecule has 9 heteroatoms. The number of piperidine rings is 1. The van der Waals surface area contributed by atoms with Crippen molar-refractivity contribution in [1.82, 2.24) is 9.88 Å². The first-order valence-corrected chi connectivity index (χ1v) is 13.9. The van der Waals surface area contributed by atoms with Gasteiger partial charge < -0.3 is 25.0 Å². The highest BCUT2D eigenvalue weighted by Crippen LogP contribution is 2.39. The molecule has 0 bridgehead atoms. The molecular weight excluding hydrogens is 516 g/mol. The number of aliphatic hydroxyl groups is 1. The average Bonchev–Trinajstić information content (AvgIpc) is 3.47. The van der Waals surface area contributed by atoms with Crippen molar-refractivity contribution in [2.75, 3.05) is 19.7 Å².